The summed E-state index contributed by atoms with van der Waals surface area (Å²) >= 11 is 0. The minimum atomic E-state index is -0.0266. The van der Waals surface area contributed by atoms with Gasteiger partial charge in [-0.3, -0.25) is 9.59 Å². The Morgan fingerprint density at radius 3 is 2.52 bits per heavy atom. The van der Waals surface area contributed by atoms with Gasteiger partial charge in [0.2, 0.25) is 11.8 Å². The van der Waals surface area contributed by atoms with Crippen molar-refractivity contribution < 1.29 is 9.59 Å². The third kappa shape index (κ3) is 7.67. The van der Waals surface area contributed by atoms with Gasteiger partial charge in [0.1, 0.15) is 0 Å². The molecule has 1 aliphatic heterocycles. The second-order valence-corrected chi connectivity index (χ2v) is 6.82. The smallest absolute Gasteiger partial charge is 0.223 e. The zero-order chi connectivity index (χ0) is 15.2. The van der Waals surface area contributed by atoms with Gasteiger partial charge in [-0.1, -0.05) is 20.8 Å². The number of likely N-dealkylation sites (tertiary alicyclic amines) is 1. The van der Waals surface area contributed by atoms with Gasteiger partial charge >= 0.3 is 0 Å². The van der Waals surface area contributed by atoms with E-state index in [1.165, 1.54) is 0 Å². The van der Waals surface area contributed by atoms with Crippen LogP contribution in [0.1, 0.15) is 52.9 Å². The zero-order valence-electron chi connectivity index (χ0n) is 13.5. The van der Waals surface area contributed by atoms with Crippen LogP contribution in [0.2, 0.25) is 0 Å². The van der Waals surface area contributed by atoms with Crippen molar-refractivity contribution in [2.24, 2.45) is 11.1 Å². The normalized spacial score (nSPS) is 18.9. The first-order valence-electron chi connectivity index (χ1n) is 7.60. The zero-order valence-corrected chi connectivity index (χ0v) is 14.3. The number of amides is 2. The van der Waals surface area contributed by atoms with Crippen molar-refractivity contribution in [1.82, 2.24) is 10.2 Å². The van der Waals surface area contributed by atoms with Crippen LogP contribution >= 0.6 is 12.4 Å². The van der Waals surface area contributed by atoms with Crippen LogP contribution in [0.3, 0.4) is 0 Å². The summed E-state index contributed by atoms with van der Waals surface area (Å²) in [5, 5.41) is 2.89. The Morgan fingerprint density at radius 2 is 1.95 bits per heavy atom. The summed E-state index contributed by atoms with van der Waals surface area (Å²) in [7, 11) is 0. The maximum Gasteiger partial charge on any atom is 0.223 e. The first kappa shape index (κ1) is 20.2. The Kier molecular flexibility index (Phi) is 8.90. The summed E-state index contributed by atoms with van der Waals surface area (Å²) < 4.78 is 0. The number of carbonyl (C=O) groups excluding carboxylic acids is 2. The van der Waals surface area contributed by atoms with Crippen molar-refractivity contribution in [1.29, 1.82) is 0 Å². The molecule has 0 aromatic carbocycles. The fourth-order valence-electron chi connectivity index (χ4n) is 2.55. The van der Waals surface area contributed by atoms with Gasteiger partial charge in [-0.05, 0) is 24.7 Å². The summed E-state index contributed by atoms with van der Waals surface area (Å²) in [4.78, 5) is 25.8. The molecule has 1 fully saturated rings. The quantitative estimate of drug-likeness (QED) is 0.809. The summed E-state index contributed by atoms with van der Waals surface area (Å²) in [6.07, 6.45) is 4.06. The molecule has 1 aliphatic rings. The number of halogens is 1. The molecule has 1 saturated heterocycles. The molecule has 5 nitrogen and oxygen atoms in total. The van der Waals surface area contributed by atoms with E-state index in [2.05, 4.69) is 26.1 Å². The molecule has 0 aliphatic carbocycles. The van der Waals surface area contributed by atoms with Gasteiger partial charge in [0.25, 0.3) is 0 Å². The predicted molar refractivity (Wildman–Crippen MR) is 87.4 cm³/mol. The van der Waals surface area contributed by atoms with Gasteiger partial charge in [-0.25, -0.2) is 0 Å². The highest BCUT2D eigenvalue weighted by atomic mass is 35.5. The molecule has 1 unspecified atom stereocenters. The monoisotopic (exact) mass is 319 g/mol. The molecule has 0 spiro atoms. The van der Waals surface area contributed by atoms with Crippen LogP contribution in [0.15, 0.2) is 0 Å². The molecule has 0 bridgehead atoms. The van der Waals surface area contributed by atoms with Crippen molar-refractivity contribution in [2.45, 2.75) is 58.9 Å². The Labute approximate surface area is 134 Å². The van der Waals surface area contributed by atoms with Crippen molar-refractivity contribution in [2.75, 3.05) is 19.6 Å². The van der Waals surface area contributed by atoms with Gasteiger partial charge in [0.15, 0.2) is 0 Å². The van der Waals surface area contributed by atoms with Crippen molar-refractivity contribution in [3.8, 4) is 0 Å². The molecular weight excluding hydrogens is 290 g/mol. The number of rotatable bonds is 5. The molecule has 1 atom stereocenters. The van der Waals surface area contributed by atoms with E-state index < -0.39 is 0 Å². The molecule has 21 heavy (non-hydrogen) atoms. The van der Waals surface area contributed by atoms with E-state index >= 15 is 0 Å². The molecule has 0 aromatic heterocycles. The van der Waals surface area contributed by atoms with E-state index in [1.54, 1.807) is 0 Å². The summed E-state index contributed by atoms with van der Waals surface area (Å²) in [5.74, 6) is 0.177. The van der Waals surface area contributed by atoms with E-state index in [0.717, 1.165) is 25.8 Å². The molecule has 6 heteroatoms. The van der Waals surface area contributed by atoms with E-state index in [-0.39, 0.29) is 35.7 Å². The van der Waals surface area contributed by atoms with Gasteiger partial charge in [0.05, 0.1) is 0 Å². The first-order chi connectivity index (χ1) is 9.33. The Balaban J connectivity index is 0.00000400. The van der Waals surface area contributed by atoms with Crippen LogP contribution in [-0.4, -0.2) is 42.4 Å². The minimum absolute atomic E-state index is 0. The minimum Gasteiger partial charge on any atom is -0.354 e. The lowest BCUT2D eigenvalue weighted by Crippen LogP contribution is -2.50. The van der Waals surface area contributed by atoms with Gasteiger partial charge in [-0.2, -0.15) is 0 Å². The average molecular weight is 320 g/mol. The van der Waals surface area contributed by atoms with Crippen LogP contribution < -0.4 is 11.1 Å². The van der Waals surface area contributed by atoms with E-state index in [4.69, 9.17) is 5.73 Å². The molecule has 1 heterocycles. The first-order valence-corrected chi connectivity index (χ1v) is 7.60. The fourth-order valence-corrected chi connectivity index (χ4v) is 2.55. The van der Waals surface area contributed by atoms with Gasteiger partial charge < -0.3 is 16.0 Å². The Hall–Kier alpha value is -0.810. The number of nitrogens with two attached hydrogens (primary N) is 1. The Bertz CT molecular complexity index is 342. The summed E-state index contributed by atoms with van der Waals surface area (Å²) in [6.45, 7) is 7.96. The highest BCUT2D eigenvalue weighted by Gasteiger charge is 2.29. The third-order valence-electron chi connectivity index (χ3n) is 3.54. The third-order valence-corrected chi connectivity index (χ3v) is 3.54. The van der Waals surface area contributed by atoms with E-state index in [9.17, 15) is 9.59 Å². The molecule has 2 amide bonds. The fraction of sp³-hybridized carbons (Fsp3) is 0.867. The molecule has 0 saturated carbocycles. The lowest BCUT2D eigenvalue weighted by Gasteiger charge is -2.37. The van der Waals surface area contributed by atoms with Gasteiger partial charge in [0, 0.05) is 38.5 Å². The maximum absolute atomic E-state index is 12.4. The molecular formula is C15H30ClN3O2. The van der Waals surface area contributed by atoms with Crippen molar-refractivity contribution >= 4 is 24.2 Å². The molecule has 0 radical (unpaired) electrons. The van der Waals surface area contributed by atoms with Gasteiger partial charge in [-0.15, -0.1) is 12.4 Å². The van der Waals surface area contributed by atoms with E-state index in [1.807, 2.05) is 4.90 Å². The second-order valence-electron chi connectivity index (χ2n) is 6.82. The van der Waals surface area contributed by atoms with Crippen LogP contribution in [0, 0.1) is 5.41 Å². The van der Waals surface area contributed by atoms with Crippen LogP contribution in [0.25, 0.3) is 0 Å². The molecule has 3 N–H and O–H groups in total. The van der Waals surface area contributed by atoms with Crippen molar-refractivity contribution in [3.05, 3.63) is 0 Å². The second kappa shape index (κ2) is 9.26. The standard InChI is InChI=1S/C15H29N3O2.ClH/c1-15(2,3)10-14(20)18-9-5-4-6-12(18)11-17-13(19)7-8-16;/h12H,4-11,16H2,1-3H3,(H,17,19);1H. The molecule has 124 valence electrons. The number of nitrogens with zero attached hydrogens (tertiary/aromatic N) is 1. The topological polar surface area (TPSA) is 75.4 Å². The summed E-state index contributed by atoms with van der Waals surface area (Å²) in [5.41, 5.74) is 5.36. The predicted octanol–water partition coefficient (Wildman–Crippen LogP) is 1.69. The van der Waals surface area contributed by atoms with Crippen LogP contribution in [-0.2, 0) is 9.59 Å². The largest absolute Gasteiger partial charge is 0.354 e. The lowest BCUT2D eigenvalue weighted by molar-refractivity contribution is -0.137. The highest BCUT2D eigenvalue weighted by molar-refractivity contribution is 5.85. The van der Waals surface area contributed by atoms with E-state index in [0.29, 0.717) is 25.9 Å². The number of hydrogen-bond donors (Lipinski definition) is 2. The number of hydrogen-bond acceptors (Lipinski definition) is 3. The summed E-state index contributed by atoms with van der Waals surface area (Å²) in [6, 6.07) is 0.139. The van der Waals surface area contributed by atoms with Crippen LogP contribution in [0.5, 0.6) is 0 Å². The number of carbonyl (C=O) groups is 2. The molecule has 1 rings (SSSR count). The lowest BCUT2D eigenvalue weighted by atomic mass is 9.90. The maximum atomic E-state index is 12.4. The Morgan fingerprint density at radius 1 is 1.29 bits per heavy atom. The number of nitrogens with one attached hydrogen (secondary N) is 1. The van der Waals surface area contributed by atoms with Crippen molar-refractivity contribution in [3.63, 3.8) is 0 Å². The highest BCUT2D eigenvalue weighted by Crippen LogP contribution is 2.24. The molecule has 0 aromatic rings. The number of piperidine rings is 1. The average Bonchev–Trinajstić information content (AvgIpc) is 2.35. The van der Waals surface area contributed by atoms with Crippen LogP contribution in [0.4, 0.5) is 0 Å². The SMILES string of the molecule is CC(C)(C)CC(=O)N1CCCCC1CNC(=O)CCN.Cl.